The van der Waals surface area contributed by atoms with Crippen LogP contribution in [-0.2, 0) is 47.2 Å². The summed E-state index contributed by atoms with van der Waals surface area (Å²) in [7, 11) is 0. The van der Waals surface area contributed by atoms with Crippen molar-refractivity contribution in [2.24, 2.45) is 0 Å². The largest absolute Gasteiger partial charge is 0.387 e. The number of benzene rings is 5. The van der Waals surface area contributed by atoms with E-state index in [1.165, 1.54) is 0 Å². The standard InChI is InChI=1S/C47H48O7/c48-44-41(29-18-32-50-43-30-16-17-31-49-43)54-42(45(51-33-36-19-6-1-7-20-36)46(44)52-34-37-21-8-2-9-22-37)35-53-47(38-23-10-3-11-24-38,39-25-12-4-13-26-39)40-27-14-5-15-28-40/h1-15,19-28,41-46,48H,16-17,30-35H2/t41-,42-,43?,44+,45-,46-/m1/s1. The smallest absolute Gasteiger partial charge is 0.158 e. The molecule has 0 aromatic heterocycles. The maximum Gasteiger partial charge on any atom is 0.158 e. The first-order chi connectivity index (χ1) is 26.7. The highest BCUT2D eigenvalue weighted by Gasteiger charge is 2.48. The molecule has 7 rings (SSSR count). The monoisotopic (exact) mass is 724 g/mol. The number of ether oxygens (including phenoxy) is 6. The van der Waals surface area contributed by atoms with Crippen LogP contribution < -0.4 is 0 Å². The average molecular weight is 725 g/mol. The summed E-state index contributed by atoms with van der Waals surface area (Å²) in [5.41, 5.74) is 3.87. The highest BCUT2D eigenvalue weighted by molar-refractivity contribution is 5.47. The molecule has 0 amide bonds. The van der Waals surface area contributed by atoms with E-state index in [4.69, 9.17) is 28.4 Å². The Morgan fingerprint density at radius 2 is 1.11 bits per heavy atom. The van der Waals surface area contributed by atoms with E-state index >= 15 is 0 Å². The molecule has 2 saturated heterocycles. The fourth-order valence-corrected chi connectivity index (χ4v) is 7.20. The molecule has 2 aliphatic rings. The third-order valence-corrected chi connectivity index (χ3v) is 9.96. The van der Waals surface area contributed by atoms with Gasteiger partial charge in [-0.25, -0.2) is 0 Å². The highest BCUT2D eigenvalue weighted by Crippen LogP contribution is 2.41. The van der Waals surface area contributed by atoms with Crippen molar-refractivity contribution in [2.45, 2.75) is 74.9 Å². The number of aliphatic hydroxyl groups excluding tert-OH is 1. The third-order valence-electron chi connectivity index (χ3n) is 9.96. The van der Waals surface area contributed by atoms with Gasteiger partial charge < -0.3 is 33.5 Å². The van der Waals surface area contributed by atoms with Crippen molar-refractivity contribution in [3.05, 3.63) is 179 Å². The lowest BCUT2D eigenvalue weighted by Gasteiger charge is -2.44. The quantitative estimate of drug-likeness (QED) is 0.0925. The summed E-state index contributed by atoms with van der Waals surface area (Å²) in [5.74, 6) is 6.26. The Kier molecular flexibility index (Phi) is 13.3. The second kappa shape index (κ2) is 19.1. The van der Waals surface area contributed by atoms with Gasteiger partial charge in [-0.2, -0.15) is 0 Å². The minimum atomic E-state index is -1.12. The number of rotatable bonds is 14. The zero-order valence-corrected chi connectivity index (χ0v) is 30.5. The summed E-state index contributed by atoms with van der Waals surface area (Å²) in [5, 5.41) is 12.0. The van der Waals surface area contributed by atoms with Crippen LogP contribution in [0.25, 0.3) is 0 Å². The van der Waals surface area contributed by atoms with E-state index in [-0.39, 0.29) is 32.7 Å². The van der Waals surface area contributed by atoms with Gasteiger partial charge in [0.15, 0.2) is 6.29 Å². The van der Waals surface area contributed by atoms with Crippen LogP contribution in [0, 0.1) is 11.8 Å². The summed E-state index contributed by atoms with van der Waals surface area (Å²) < 4.78 is 39.0. The summed E-state index contributed by atoms with van der Waals surface area (Å²) in [6, 6.07) is 50.6. The van der Waals surface area contributed by atoms with Crippen molar-refractivity contribution in [1.29, 1.82) is 0 Å². The van der Waals surface area contributed by atoms with E-state index in [1.807, 2.05) is 115 Å². The van der Waals surface area contributed by atoms with Crippen LogP contribution in [0.2, 0.25) is 0 Å². The number of aliphatic hydroxyl groups is 1. The van der Waals surface area contributed by atoms with Crippen LogP contribution in [0.15, 0.2) is 152 Å². The SMILES string of the molecule is O[C@@H]1[C@@H](OCc2ccccc2)[C@H](OCc2ccccc2)[C@@H](COC(c2ccccc2)(c2ccccc2)c2ccccc2)O[C@@H]1C#CCOC1CCCCO1. The summed E-state index contributed by atoms with van der Waals surface area (Å²) >= 11 is 0. The number of hydrogen-bond donors (Lipinski definition) is 1. The van der Waals surface area contributed by atoms with E-state index in [2.05, 4.69) is 48.2 Å². The van der Waals surface area contributed by atoms with Gasteiger partial charge >= 0.3 is 0 Å². The molecule has 1 N–H and O–H groups in total. The Hall–Kier alpha value is -4.62. The van der Waals surface area contributed by atoms with Crippen LogP contribution in [-0.4, -0.2) is 61.7 Å². The van der Waals surface area contributed by atoms with E-state index in [0.29, 0.717) is 6.61 Å². The van der Waals surface area contributed by atoms with Crippen LogP contribution in [0.5, 0.6) is 0 Å². The molecule has 5 aromatic carbocycles. The summed E-state index contributed by atoms with van der Waals surface area (Å²) in [6.45, 7) is 1.49. The van der Waals surface area contributed by atoms with Gasteiger partial charge in [0, 0.05) is 6.61 Å². The molecule has 0 bridgehead atoms. The molecule has 2 fully saturated rings. The molecule has 0 aliphatic carbocycles. The second-order valence-electron chi connectivity index (χ2n) is 13.6. The second-order valence-corrected chi connectivity index (χ2v) is 13.6. The third kappa shape index (κ3) is 9.35. The molecule has 0 saturated carbocycles. The van der Waals surface area contributed by atoms with Crippen molar-refractivity contribution < 1.29 is 33.5 Å². The van der Waals surface area contributed by atoms with Gasteiger partial charge in [-0.3, -0.25) is 0 Å². The van der Waals surface area contributed by atoms with Gasteiger partial charge in [-0.1, -0.05) is 164 Å². The minimum absolute atomic E-state index is 0.0979. The molecule has 0 spiro atoms. The van der Waals surface area contributed by atoms with Gasteiger partial charge in [0.25, 0.3) is 0 Å². The van der Waals surface area contributed by atoms with Crippen LogP contribution in [0.3, 0.4) is 0 Å². The Balaban J connectivity index is 1.24. The van der Waals surface area contributed by atoms with E-state index in [0.717, 1.165) is 47.1 Å². The zero-order chi connectivity index (χ0) is 36.8. The fraction of sp³-hybridized carbons (Fsp3) is 0.319. The molecule has 6 atom stereocenters. The van der Waals surface area contributed by atoms with E-state index < -0.39 is 36.1 Å². The molecular weight excluding hydrogens is 677 g/mol. The minimum Gasteiger partial charge on any atom is -0.387 e. The van der Waals surface area contributed by atoms with Gasteiger partial charge in [0.1, 0.15) is 42.7 Å². The molecule has 278 valence electrons. The topological polar surface area (TPSA) is 75.6 Å². The molecule has 7 heteroatoms. The van der Waals surface area contributed by atoms with Crippen molar-refractivity contribution >= 4 is 0 Å². The normalized spacial score (nSPS) is 22.9. The first-order valence-corrected chi connectivity index (χ1v) is 18.9. The van der Waals surface area contributed by atoms with E-state index in [9.17, 15) is 5.11 Å². The van der Waals surface area contributed by atoms with Crippen molar-refractivity contribution in [3.8, 4) is 11.8 Å². The lowest BCUT2D eigenvalue weighted by atomic mass is 9.80. The molecule has 5 aromatic rings. The zero-order valence-electron chi connectivity index (χ0n) is 30.5. The Labute approximate surface area is 318 Å². The highest BCUT2D eigenvalue weighted by atomic mass is 16.7. The van der Waals surface area contributed by atoms with Crippen LogP contribution >= 0.6 is 0 Å². The first kappa shape index (κ1) is 37.7. The number of hydrogen-bond acceptors (Lipinski definition) is 7. The maximum atomic E-state index is 12.0. The van der Waals surface area contributed by atoms with Gasteiger partial charge in [-0.05, 0) is 47.1 Å². The average Bonchev–Trinajstić information content (AvgIpc) is 3.24. The summed E-state index contributed by atoms with van der Waals surface area (Å²) in [4.78, 5) is 0. The van der Waals surface area contributed by atoms with Crippen molar-refractivity contribution in [2.75, 3.05) is 19.8 Å². The molecule has 1 unspecified atom stereocenters. The lowest BCUT2D eigenvalue weighted by Crippen LogP contribution is -2.60. The fourth-order valence-electron chi connectivity index (χ4n) is 7.20. The molecule has 2 heterocycles. The van der Waals surface area contributed by atoms with Gasteiger partial charge in [-0.15, -0.1) is 0 Å². The van der Waals surface area contributed by atoms with Crippen LogP contribution in [0.1, 0.15) is 47.1 Å². The van der Waals surface area contributed by atoms with Gasteiger partial charge in [0.2, 0.25) is 0 Å². The molecule has 54 heavy (non-hydrogen) atoms. The molecule has 7 nitrogen and oxygen atoms in total. The Morgan fingerprint density at radius 1 is 0.611 bits per heavy atom. The van der Waals surface area contributed by atoms with Crippen molar-refractivity contribution in [1.82, 2.24) is 0 Å². The molecule has 2 aliphatic heterocycles. The molecular formula is C47H48O7. The van der Waals surface area contributed by atoms with Crippen LogP contribution in [0.4, 0.5) is 0 Å². The van der Waals surface area contributed by atoms with Gasteiger partial charge in [0.05, 0.1) is 19.8 Å². The maximum absolute atomic E-state index is 12.0. The summed E-state index contributed by atoms with van der Waals surface area (Å²) in [6.07, 6.45) is -1.54. The lowest BCUT2D eigenvalue weighted by molar-refractivity contribution is -0.253. The predicted octanol–water partition coefficient (Wildman–Crippen LogP) is 7.84. The predicted molar refractivity (Wildman–Crippen MR) is 207 cm³/mol. The Bertz CT molecular complexity index is 1780. The molecule has 0 radical (unpaired) electrons. The Morgan fingerprint density at radius 3 is 1.61 bits per heavy atom. The van der Waals surface area contributed by atoms with E-state index in [1.54, 1.807) is 0 Å². The first-order valence-electron chi connectivity index (χ1n) is 18.9. The van der Waals surface area contributed by atoms with Crippen molar-refractivity contribution in [3.63, 3.8) is 0 Å².